The second-order valence-electron chi connectivity index (χ2n) is 7.28. The smallest absolute Gasteiger partial charge is 0.422 e. The number of benzene rings is 2. The van der Waals surface area contributed by atoms with Gasteiger partial charge in [-0.3, -0.25) is 4.99 Å². The largest absolute Gasteiger partial charge is 0.467 e. The molecule has 186 valence electrons. The van der Waals surface area contributed by atoms with Gasteiger partial charge >= 0.3 is 12.1 Å². The third kappa shape index (κ3) is 5.71. The summed E-state index contributed by atoms with van der Waals surface area (Å²) in [6.07, 6.45) is -3.13. The molecule has 0 saturated carbocycles. The fourth-order valence-electron chi connectivity index (χ4n) is 3.29. The minimum atomic E-state index is -4.56. The lowest BCUT2D eigenvalue weighted by Crippen LogP contribution is -2.19. The number of rotatable bonds is 7. The van der Waals surface area contributed by atoms with Crippen molar-refractivity contribution in [2.75, 3.05) is 6.61 Å². The predicted octanol–water partition coefficient (Wildman–Crippen LogP) is 7.23. The highest BCUT2D eigenvalue weighted by Gasteiger charge is 2.29. The maximum atomic E-state index is 13.1. The number of aromatic nitrogens is 3. The molecule has 0 amide bonds. The zero-order valence-corrected chi connectivity index (χ0v) is 21.9. The van der Waals surface area contributed by atoms with Crippen LogP contribution in [0.2, 0.25) is 5.02 Å². The normalized spacial score (nSPS) is 11.5. The van der Waals surface area contributed by atoms with Gasteiger partial charge in [0.15, 0.2) is 12.4 Å². The third-order valence-electron chi connectivity index (χ3n) is 4.83. The predicted molar refractivity (Wildman–Crippen MR) is 136 cm³/mol. The Hall–Kier alpha value is -2.96. The molecule has 7 nitrogen and oxygen atoms in total. The molecule has 0 bridgehead atoms. The first kappa shape index (κ1) is 26.1. The molecule has 13 heteroatoms. The highest BCUT2D eigenvalue weighted by atomic mass is 79.9. The quantitative estimate of drug-likeness (QED) is 0.156. The lowest BCUT2D eigenvalue weighted by molar-refractivity contribution is -0.154. The maximum Gasteiger partial charge on any atom is 0.422 e. The minimum Gasteiger partial charge on any atom is -0.467 e. The van der Waals surface area contributed by atoms with Crippen molar-refractivity contribution in [1.82, 2.24) is 14.8 Å². The van der Waals surface area contributed by atoms with Crippen LogP contribution in [0.1, 0.15) is 16.1 Å². The number of aliphatic imine (C=N–C) groups is 1. The van der Waals surface area contributed by atoms with E-state index in [0.717, 1.165) is 19.9 Å². The van der Waals surface area contributed by atoms with Crippen LogP contribution < -0.4 is 4.74 Å². The zero-order chi connectivity index (χ0) is 26.0. The molecule has 0 unspecified atom stereocenters. The van der Waals surface area contributed by atoms with Gasteiger partial charge in [0.2, 0.25) is 5.88 Å². The average molecular weight is 647 g/mol. The van der Waals surface area contributed by atoms with Crippen molar-refractivity contribution in [2.45, 2.75) is 12.8 Å². The molecule has 0 fully saturated rings. The van der Waals surface area contributed by atoms with Crippen molar-refractivity contribution in [3.8, 4) is 11.7 Å². The number of pyridine rings is 1. The van der Waals surface area contributed by atoms with E-state index in [0.29, 0.717) is 4.47 Å². The molecule has 2 heterocycles. The van der Waals surface area contributed by atoms with Crippen LogP contribution in [0, 0.1) is 0 Å². The number of esters is 1. The Labute approximate surface area is 224 Å². The second kappa shape index (κ2) is 10.6. The van der Waals surface area contributed by atoms with Crippen LogP contribution in [-0.2, 0) is 11.3 Å². The van der Waals surface area contributed by atoms with Crippen molar-refractivity contribution in [3.63, 3.8) is 0 Å². The molecule has 0 N–H and O–H groups in total. The van der Waals surface area contributed by atoms with E-state index in [2.05, 4.69) is 53.7 Å². The maximum absolute atomic E-state index is 13.1. The van der Waals surface area contributed by atoms with E-state index in [1.807, 2.05) is 18.2 Å². The molecule has 0 aliphatic carbocycles. The number of alkyl halides is 3. The summed E-state index contributed by atoms with van der Waals surface area (Å²) in [5, 5.41) is 5.74. The number of hydrogen-bond acceptors (Lipinski definition) is 6. The molecule has 0 atom stereocenters. The molecule has 0 aliphatic heterocycles. The van der Waals surface area contributed by atoms with Crippen LogP contribution >= 0.6 is 43.5 Å². The standard InChI is InChI=1S/C23H14Br2ClF3N4O3/c1-30-20-16(8-12-7-13(24)4-5-15(12)19(20)25)22(34)35-10-14-9-18(36-11-23(27,28)29)32-33(14)21-17(26)3-2-6-31-21/h2-9H,1,10-11H2. The van der Waals surface area contributed by atoms with Gasteiger partial charge in [0.25, 0.3) is 0 Å². The first-order chi connectivity index (χ1) is 17.1. The summed E-state index contributed by atoms with van der Waals surface area (Å²) in [6.45, 7) is 1.62. The molecule has 0 aliphatic rings. The summed E-state index contributed by atoms with van der Waals surface area (Å²) in [7, 11) is 0. The van der Waals surface area contributed by atoms with Gasteiger partial charge in [0.05, 0.1) is 26.4 Å². The molecule has 0 saturated heterocycles. The van der Waals surface area contributed by atoms with Crippen LogP contribution in [0.3, 0.4) is 0 Å². The lowest BCUT2D eigenvalue weighted by atomic mass is 10.0. The van der Waals surface area contributed by atoms with Crippen molar-refractivity contribution >= 4 is 72.6 Å². The molecule has 0 radical (unpaired) electrons. The summed E-state index contributed by atoms with van der Waals surface area (Å²) in [5.41, 5.74) is 0.597. The van der Waals surface area contributed by atoms with E-state index in [4.69, 9.17) is 21.1 Å². The molecule has 2 aromatic heterocycles. The number of carbonyl (C=O) groups excluding carboxylic acids is 1. The molecule has 36 heavy (non-hydrogen) atoms. The summed E-state index contributed by atoms with van der Waals surface area (Å²) >= 11 is 13.1. The van der Waals surface area contributed by atoms with Gasteiger partial charge in [-0.15, -0.1) is 5.10 Å². The Morgan fingerprint density at radius 2 is 1.97 bits per heavy atom. The summed E-state index contributed by atoms with van der Waals surface area (Å²) in [5.74, 6) is -0.955. The van der Waals surface area contributed by atoms with E-state index in [9.17, 15) is 18.0 Å². The van der Waals surface area contributed by atoms with Gasteiger partial charge in [-0.2, -0.15) is 13.2 Å². The van der Waals surface area contributed by atoms with Crippen LogP contribution in [0.4, 0.5) is 18.9 Å². The van der Waals surface area contributed by atoms with Gasteiger partial charge in [-0.05, 0) is 63.8 Å². The Bertz CT molecular complexity index is 1480. The molecular formula is C23H14Br2ClF3N4O3. The van der Waals surface area contributed by atoms with Crippen molar-refractivity contribution < 1.29 is 27.4 Å². The third-order valence-corrected chi connectivity index (χ3v) is 6.42. The van der Waals surface area contributed by atoms with E-state index in [1.54, 1.807) is 12.1 Å². The van der Waals surface area contributed by atoms with Gasteiger partial charge in [0, 0.05) is 16.7 Å². The van der Waals surface area contributed by atoms with Crippen molar-refractivity contribution in [3.05, 3.63) is 73.9 Å². The Morgan fingerprint density at radius 3 is 2.67 bits per heavy atom. The number of ether oxygens (including phenoxy) is 2. The Kier molecular flexibility index (Phi) is 7.67. The fraction of sp³-hybridized carbons (Fsp3) is 0.130. The highest BCUT2D eigenvalue weighted by Crippen LogP contribution is 2.38. The van der Waals surface area contributed by atoms with Crippen LogP contribution in [0.5, 0.6) is 5.88 Å². The topological polar surface area (TPSA) is 78.6 Å². The molecular weight excluding hydrogens is 633 g/mol. The first-order valence-corrected chi connectivity index (χ1v) is 12.0. The summed E-state index contributed by atoms with van der Waals surface area (Å²) in [4.78, 5) is 21.1. The monoisotopic (exact) mass is 644 g/mol. The van der Waals surface area contributed by atoms with E-state index in [-0.39, 0.29) is 40.3 Å². The second-order valence-corrected chi connectivity index (χ2v) is 9.40. The highest BCUT2D eigenvalue weighted by molar-refractivity contribution is 9.11. The van der Waals surface area contributed by atoms with Crippen molar-refractivity contribution in [2.24, 2.45) is 4.99 Å². The van der Waals surface area contributed by atoms with Crippen LogP contribution in [0.15, 0.2) is 62.6 Å². The van der Waals surface area contributed by atoms with Crippen molar-refractivity contribution in [1.29, 1.82) is 0 Å². The summed E-state index contributed by atoms with van der Waals surface area (Å²) in [6, 6.07) is 11.5. The van der Waals surface area contributed by atoms with Crippen LogP contribution in [0.25, 0.3) is 16.6 Å². The Balaban J connectivity index is 1.66. The number of halogens is 6. The number of fused-ring (bicyclic) bond motifs is 1. The van der Waals surface area contributed by atoms with E-state index < -0.39 is 18.8 Å². The Morgan fingerprint density at radius 1 is 1.19 bits per heavy atom. The van der Waals surface area contributed by atoms with E-state index >= 15 is 0 Å². The zero-order valence-electron chi connectivity index (χ0n) is 18.0. The first-order valence-electron chi connectivity index (χ1n) is 10.0. The van der Waals surface area contributed by atoms with Crippen LogP contribution in [-0.4, -0.2) is 40.2 Å². The fourth-order valence-corrected chi connectivity index (χ4v) is 4.57. The number of nitrogens with zero attached hydrogens (tertiary/aromatic N) is 4. The van der Waals surface area contributed by atoms with Gasteiger partial charge < -0.3 is 9.47 Å². The van der Waals surface area contributed by atoms with Gasteiger partial charge in [0.1, 0.15) is 6.61 Å². The average Bonchev–Trinajstić information content (AvgIpc) is 3.23. The molecule has 4 rings (SSSR count). The lowest BCUT2D eigenvalue weighted by Gasteiger charge is -2.12. The van der Waals surface area contributed by atoms with Gasteiger partial charge in [-0.25, -0.2) is 14.5 Å². The molecule has 0 spiro atoms. The van der Waals surface area contributed by atoms with Gasteiger partial charge in [-0.1, -0.05) is 33.6 Å². The molecule has 2 aromatic carbocycles. The number of hydrogen-bond donors (Lipinski definition) is 0. The summed E-state index contributed by atoms with van der Waals surface area (Å²) < 4.78 is 50.7. The SMILES string of the molecule is C=Nc1c(C(=O)OCc2cc(OCC(F)(F)F)nn2-c2ncccc2Cl)cc2cc(Br)ccc2c1Br. The minimum absolute atomic E-state index is 0.124. The molecule has 4 aromatic rings. The number of carbonyl (C=O) groups is 1. The van der Waals surface area contributed by atoms with E-state index in [1.165, 1.54) is 18.3 Å².